The number of rotatable bonds is 8. The molecular formula is C14H28. The van der Waals surface area contributed by atoms with E-state index < -0.39 is 0 Å². The zero-order chi connectivity index (χ0) is 10.8. The van der Waals surface area contributed by atoms with Crippen LogP contribution in [0.4, 0.5) is 0 Å². The Balaban J connectivity index is 3.56. The van der Waals surface area contributed by atoms with E-state index in [0.717, 1.165) is 11.8 Å². The Morgan fingerprint density at radius 2 is 1.50 bits per heavy atom. The van der Waals surface area contributed by atoms with Crippen molar-refractivity contribution in [1.82, 2.24) is 0 Å². The predicted molar refractivity (Wildman–Crippen MR) is 66.5 cm³/mol. The van der Waals surface area contributed by atoms with Crippen LogP contribution in [0.5, 0.6) is 0 Å². The third-order valence-electron chi connectivity index (χ3n) is 3.26. The molecule has 0 radical (unpaired) electrons. The molecule has 0 aliphatic heterocycles. The molecule has 0 amide bonds. The van der Waals surface area contributed by atoms with Crippen LogP contribution in [0, 0.1) is 11.8 Å². The van der Waals surface area contributed by atoms with Crippen molar-refractivity contribution in [3.8, 4) is 0 Å². The van der Waals surface area contributed by atoms with Gasteiger partial charge in [-0.25, -0.2) is 0 Å². The quantitative estimate of drug-likeness (QED) is 0.468. The lowest BCUT2D eigenvalue weighted by molar-refractivity contribution is 0.320. The van der Waals surface area contributed by atoms with Crippen molar-refractivity contribution in [3.63, 3.8) is 0 Å². The zero-order valence-electron chi connectivity index (χ0n) is 10.6. The summed E-state index contributed by atoms with van der Waals surface area (Å²) in [5.41, 5.74) is 0. The van der Waals surface area contributed by atoms with Gasteiger partial charge in [-0.15, -0.1) is 0 Å². The summed E-state index contributed by atoms with van der Waals surface area (Å²) in [7, 11) is 0. The van der Waals surface area contributed by atoms with Crippen molar-refractivity contribution in [3.05, 3.63) is 12.2 Å². The summed E-state index contributed by atoms with van der Waals surface area (Å²) in [4.78, 5) is 0. The monoisotopic (exact) mass is 196 g/mol. The third kappa shape index (κ3) is 6.23. The summed E-state index contributed by atoms with van der Waals surface area (Å²) in [5, 5.41) is 0. The highest BCUT2D eigenvalue weighted by molar-refractivity contribution is 4.82. The summed E-state index contributed by atoms with van der Waals surface area (Å²) >= 11 is 0. The Kier molecular flexibility index (Phi) is 9.13. The maximum absolute atomic E-state index is 2.41. The van der Waals surface area contributed by atoms with E-state index in [1.165, 1.54) is 38.5 Å². The zero-order valence-corrected chi connectivity index (χ0v) is 10.6. The van der Waals surface area contributed by atoms with Crippen LogP contribution in [0.3, 0.4) is 0 Å². The number of unbranched alkanes of at least 4 members (excludes halogenated alkanes) is 1. The number of allylic oxidation sites excluding steroid dienone is 2. The molecule has 0 N–H and O–H groups in total. The predicted octanol–water partition coefficient (Wildman–Crippen LogP) is 5.20. The van der Waals surface area contributed by atoms with Crippen molar-refractivity contribution in [2.45, 2.75) is 66.2 Å². The SMILES string of the molecule is CCCC=CCCC(C)C(CC)CC. The molecule has 0 spiro atoms. The van der Waals surface area contributed by atoms with E-state index in [0.29, 0.717) is 0 Å². The van der Waals surface area contributed by atoms with E-state index in [1.807, 2.05) is 0 Å². The molecule has 0 saturated carbocycles. The number of hydrogen-bond acceptors (Lipinski definition) is 0. The summed E-state index contributed by atoms with van der Waals surface area (Å²) < 4.78 is 0. The fraction of sp³-hybridized carbons (Fsp3) is 0.857. The minimum absolute atomic E-state index is 0.899. The average molecular weight is 196 g/mol. The molecule has 0 aliphatic rings. The van der Waals surface area contributed by atoms with Gasteiger partial charge in [-0.2, -0.15) is 0 Å². The van der Waals surface area contributed by atoms with Gasteiger partial charge in [0.15, 0.2) is 0 Å². The molecular weight excluding hydrogens is 168 g/mol. The van der Waals surface area contributed by atoms with Crippen molar-refractivity contribution in [2.24, 2.45) is 11.8 Å². The minimum atomic E-state index is 0.899. The van der Waals surface area contributed by atoms with Crippen molar-refractivity contribution in [1.29, 1.82) is 0 Å². The molecule has 84 valence electrons. The lowest BCUT2D eigenvalue weighted by Crippen LogP contribution is -2.09. The number of hydrogen-bond donors (Lipinski definition) is 0. The van der Waals surface area contributed by atoms with E-state index in [4.69, 9.17) is 0 Å². The molecule has 0 rings (SSSR count). The molecule has 1 atom stereocenters. The summed E-state index contributed by atoms with van der Waals surface area (Å²) in [5.74, 6) is 1.84. The van der Waals surface area contributed by atoms with Crippen LogP contribution in [0.1, 0.15) is 66.2 Å². The van der Waals surface area contributed by atoms with Crippen molar-refractivity contribution < 1.29 is 0 Å². The first-order chi connectivity index (χ1) is 6.76. The van der Waals surface area contributed by atoms with Gasteiger partial charge < -0.3 is 0 Å². The Hall–Kier alpha value is -0.260. The first-order valence-corrected chi connectivity index (χ1v) is 6.41. The van der Waals surface area contributed by atoms with Gasteiger partial charge >= 0.3 is 0 Å². The van der Waals surface area contributed by atoms with Crippen LogP contribution in [-0.2, 0) is 0 Å². The molecule has 0 aromatic carbocycles. The fourth-order valence-electron chi connectivity index (χ4n) is 2.09. The molecule has 0 saturated heterocycles. The van der Waals surface area contributed by atoms with E-state index in [1.54, 1.807) is 0 Å². The second-order valence-corrected chi connectivity index (χ2v) is 4.39. The second-order valence-electron chi connectivity index (χ2n) is 4.39. The van der Waals surface area contributed by atoms with Crippen LogP contribution >= 0.6 is 0 Å². The Bertz CT molecular complexity index is 131. The average Bonchev–Trinajstić information content (AvgIpc) is 2.19. The second kappa shape index (κ2) is 9.30. The molecule has 0 fully saturated rings. The third-order valence-corrected chi connectivity index (χ3v) is 3.26. The van der Waals surface area contributed by atoms with Gasteiger partial charge in [0.2, 0.25) is 0 Å². The Morgan fingerprint density at radius 3 is 2.00 bits per heavy atom. The highest BCUT2D eigenvalue weighted by atomic mass is 14.2. The highest BCUT2D eigenvalue weighted by Crippen LogP contribution is 2.23. The van der Waals surface area contributed by atoms with Crippen molar-refractivity contribution >= 4 is 0 Å². The molecule has 14 heavy (non-hydrogen) atoms. The molecule has 0 nitrogen and oxygen atoms in total. The minimum Gasteiger partial charge on any atom is -0.0885 e. The van der Waals surface area contributed by atoms with Crippen molar-refractivity contribution in [2.75, 3.05) is 0 Å². The maximum Gasteiger partial charge on any atom is -0.0348 e. The molecule has 0 heterocycles. The summed E-state index contributed by atoms with van der Waals surface area (Å²) in [6.45, 7) is 9.28. The lowest BCUT2D eigenvalue weighted by Gasteiger charge is -2.20. The highest BCUT2D eigenvalue weighted by Gasteiger charge is 2.11. The van der Waals surface area contributed by atoms with Crippen LogP contribution in [-0.4, -0.2) is 0 Å². The van der Waals surface area contributed by atoms with Crippen LogP contribution in [0.25, 0.3) is 0 Å². The lowest BCUT2D eigenvalue weighted by atomic mass is 9.86. The van der Waals surface area contributed by atoms with Gasteiger partial charge in [0, 0.05) is 0 Å². The molecule has 0 aliphatic carbocycles. The normalized spacial score (nSPS) is 14.1. The molecule has 0 aromatic rings. The van der Waals surface area contributed by atoms with E-state index >= 15 is 0 Å². The van der Waals surface area contributed by atoms with Crippen LogP contribution in [0.15, 0.2) is 12.2 Å². The van der Waals surface area contributed by atoms with Gasteiger partial charge in [0.05, 0.1) is 0 Å². The first-order valence-electron chi connectivity index (χ1n) is 6.41. The maximum atomic E-state index is 2.41. The smallest absolute Gasteiger partial charge is 0.0348 e. The van der Waals surface area contributed by atoms with Gasteiger partial charge in [0.1, 0.15) is 0 Å². The largest absolute Gasteiger partial charge is 0.0885 e. The van der Waals surface area contributed by atoms with Gasteiger partial charge in [-0.05, 0) is 31.1 Å². The Morgan fingerprint density at radius 1 is 0.929 bits per heavy atom. The standard InChI is InChI=1S/C14H28/c1-5-8-9-10-11-12-13(4)14(6-2)7-3/h9-10,13-14H,5-8,11-12H2,1-4H3. The van der Waals surface area contributed by atoms with Gasteiger partial charge in [0.25, 0.3) is 0 Å². The molecule has 0 heteroatoms. The van der Waals surface area contributed by atoms with E-state index in [-0.39, 0.29) is 0 Å². The Labute approximate surface area is 90.8 Å². The summed E-state index contributed by atoms with van der Waals surface area (Å²) in [6, 6.07) is 0. The fourth-order valence-corrected chi connectivity index (χ4v) is 2.09. The van der Waals surface area contributed by atoms with E-state index in [9.17, 15) is 0 Å². The van der Waals surface area contributed by atoms with Crippen LogP contribution in [0.2, 0.25) is 0 Å². The van der Waals surface area contributed by atoms with Gasteiger partial charge in [-0.1, -0.05) is 59.1 Å². The molecule has 0 aromatic heterocycles. The first kappa shape index (κ1) is 13.7. The topological polar surface area (TPSA) is 0 Å². The van der Waals surface area contributed by atoms with E-state index in [2.05, 4.69) is 39.8 Å². The molecule has 0 bridgehead atoms. The molecule has 1 unspecified atom stereocenters. The summed E-state index contributed by atoms with van der Waals surface area (Å²) in [6.07, 6.45) is 12.6. The van der Waals surface area contributed by atoms with Crippen LogP contribution < -0.4 is 0 Å². The van der Waals surface area contributed by atoms with Gasteiger partial charge in [-0.3, -0.25) is 0 Å².